The summed E-state index contributed by atoms with van der Waals surface area (Å²) in [7, 11) is 0. The monoisotopic (exact) mass is 928 g/mol. The van der Waals surface area contributed by atoms with E-state index in [1.165, 1.54) is 6.92 Å². The molecule has 67 heavy (non-hydrogen) atoms. The van der Waals surface area contributed by atoms with E-state index >= 15 is 0 Å². The summed E-state index contributed by atoms with van der Waals surface area (Å²) in [6, 6.07) is 7.87. The fourth-order valence-electron chi connectivity index (χ4n) is 7.88. The molecule has 2 aromatic carbocycles. The fraction of sp³-hybridized carbons (Fsp3) is 0.500. The normalized spacial score (nSPS) is 14.9. The Labute approximate surface area is 391 Å². The minimum Gasteiger partial charge on any atom is -0.480 e. The average molecular weight is 928 g/mol. The second-order valence-corrected chi connectivity index (χ2v) is 17.7. The topological polar surface area (TPSA) is 308 Å². The maximum atomic E-state index is 14.3. The van der Waals surface area contributed by atoms with Crippen molar-refractivity contribution < 1.29 is 38.7 Å². The van der Waals surface area contributed by atoms with E-state index in [0.29, 0.717) is 18.4 Å². The Bertz CT molecular complexity index is 2370. The van der Waals surface area contributed by atoms with Crippen LogP contribution in [0.4, 0.5) is 0 Å². The van der Waals surface area contributed by atoms with Crippen molar-refractivity contribution in [2.24, 2.45) is 34.2 Å². The van der Waals surface area contributed by atoms with Crippen LogP contribution in [0.15, 0.2) is 65.9 Å². The van der Waals surface area contributed by atoms with Gasteiger partial charge >= 0.3 is 5.97 Å². The summed E-state index contributed by atoms with van der Waals surface area (Å²) in [5.41, 5.74) is 14.2. The van der Waals surface area contributed by atoms with Crippen LogP contribution in [0.25, 0.3) is 21.8 Å². The van der Waals surface area contributed by atoms with E-state index in [1.54, 1.807) is 26.2 Å². The molecule has 0 unspecified atom stereocenters. The SMILES string of the molecule is CC[C@H](C)[C@H](NC(=O)[C@H](CCCN=C(N)N)NC(=O)[C@H](CC(C)C)NC(=O)[C@@H](Cc1c[nH]c2ccccc12)NC(C)=O)C(=O)N[C@H](C(=O)N[C@@H](Cc1c[nH]c2ccccc12)C(=O)O)[C@@H](C)CC. The predicted octanol–water partition coefficient (Wildman–Crippen LogP) is 2.64. The van der Waals surface area contributed by atoms with Gasteiger partial charge in [-0.15, -0.1) is 0 Å². The van der Waals surface area contributed by atoms with Gasteiger partial charge in [0.15, 0.2) is 5.96 Å². The molecule has 6 amide bonds. The molecule has 0 saturated heterocycles. The second kappa shape index (κ2) is 25.1. The van der Waals surface area contributed by atoms with Gasteiger partial charge in [-0.1, -0.05) is 90.8 Å². The Morgan fingerprint density at radius 1 is 0.612 bits per heavy atom. The lowest BCUT2D eigenvalue weighted by molar-refractivity contribution is -0.142. The molecular weight excluding hydrogens is 859 g/mol. The number of carboxylic acids is 1. The summed E-state index contributed by atoms with van der Waals surface area (Å²) in [5, 5.41) is 28.4. The molecule has 13 N–H and O–H groups in total. The first-order valence-corrected chi connectivity index (χ1v) is 23.0. The highest BCUT2D eigenvalue weighted by Gasteiger charge is 2.36. The Hall–Kier alpha value is -6.92. The molecule has 2 aromatic heterocycles. The number of rotatable bonds is 26. The number of H-pyrrole nitrogens is 2. The van der Waals surface area contributed by atoms with Gasteiger partial charge in [-0.05, 0) is 60.3 Å². The van der Waals surface area contributed by atoms with Gasteiger partial charge in [0, 0.05) is 60.5 Å². The van der Waals surface area contributed by atoms with Gasteiger partial charge in [0.2, 0.25) is 35.4 Å². The zero-order chi connectivity index (χ0) is 49.4. The van der Waals surface area contributed by atoms with Crippen molar-refractivity contribution in [3.05, 3.63) is 72.1 Å². The van der Waals surface area contributed by atoms with E-state index in [2.05, 4.69) is 46.9 Å². The number of fused-ring (bicyclic) bond motifs is 2. The number of guanidine groups is 1. The van der Waals surface area contributed by atoms with E-state index in [-0.39, 0.29) is 50.5 Å². The van der Waals surface area contributed by atoms with Crippen LogP contribution in [0.5, 0.6) is 0 Å². The van der Waals surface area contributed by atoms with Gasteiger partial charge in [-0.2, -0.15) is 0 Å². The van der Waals surface area contributed by atoms with Crippen molar-refractivity contribution in [3.8, 4) is 0 Å². The number of nitrogens with two attached hydrogens (primary N) is 2. The number of carbonyl (C=O) groups excluding carboxylic acids is 6. The third kappa shape index (κ3) is 15.3. The van der Waals surface area contributed by atoms with Gasteiger partial charge in [0.25, 0.3) is 0 Å². The molecule has 2 heterocycles. The van der Waals surface area contributed by atoms with E-state index in [9.17, 15) is 38.7 Å². The first kappa shape index (κ1) is 52.7. The lowest BCUT2D eigenvalue weighted by atomic mass is 9.94. The first-order chi connectivity index (χ1) is 31.8. The number of aliphatic imine (C=N–C) groups is 1. The van der Waals surface area contributed by atoms with Crippen LogP contribution in [-0.2, 0) is 46.4 Å². The second-order valence-electron chi connectivity index (χ2n) is 17.7. The number of aromatic nitrogens is 2. The molecule has 0 radical (unpaired) electrons. The van der Waals surface area contributed by atoms with E-state index in [0.717, 1.165) is 27.4 Å². The molecular formula is C48H69N11O8. The molecule has 4 rings (SSSR count). The van der Waals surface area contributed by atoms with Crippen molar-refractivity contribution in [1.82, 2.24) is 41.9 Å². The van der Waals surface area contributed by atoms with Crippen LogP contribution in [-0.4, -0.2) is 105 Å². The summed E-state index contributed by atoms with van der Waals surface area (Å²) in [6.07, 6.45) is 4.92. The van der Waals surface area contributed by atoms with Crippen molar-refractivity contribution in [2.75, 3.05) is 6.54 Å². The average Bonchev–Trinajstić information content (AvgIpc) is 3.90. The molecule has 0 aliphatic carbocycles. The Balaban J connectivity index is 1.55. The minimum absolute atomic E-state index is 0.0172. The lowest BCUT2D eigenvalue weighted by Crippen LogP contribution is -2.61. The molecule has 4 aromatic rings. The highest BCUT2D eigenvalue weighted by Crippen LogP contribution is 2.21. The molecule has 0 spiro atoms. The van der Waals surface area contributed by atoms with Gasteiger partial charge in [0.1, 0.15) is 36.3 Å². The van der Waals surface area contributed by atoms with Gasteiger partial charge in [-0.25, -0.2) is 4.79 Å². The molecule has 0 bridgehead atoms. The molecule has 19 heteroatoms. The highest BCUT2D eigenvalue weighted by molar-refractivity contribution is 5.97. The summed E-state index contributed by atoms with van der Waals surface area (Å²) in [4.78, 5) is 106. The summed E-state index contributed by atoms with van der Waals surface area (Å²) < 4.78 is 0. The fourth-order valence-corrected chi connectivity index (χ4v) is 7.88. The van der Waals surface area contributed by atoms with E-state index in [1.807, 2.05) is 76.2 Å². The number of amides is 6. The number of hydrogen-bond acceptors (Lipinski definition) is 8. The van der Waals surface area contributed by atoms with Gasteiger partial charge < -0.3 is 58.4 Å². The Morgan fingerprint density at radius 2 is 1.06 bits per heavy atom. The zero-order valence-electron chi connectivity index (χ0n) is 39.5. The largest absolute Gasteiger partial charge is 0.480 e. The quantitative estimate of drug-likeness (QED) is 0.0249. The van der Waals surface area contributed by atoms with Crippen molar-refractivity contribution in [1.29, 1.82) is 0 Å². The Morgan fingerprint density at radius 3 is 1.55 bits per heavy atom. The number of nitrogens with one attached hydrogen (secondary N) is 8. The van der Waals surface area contributed by atoms with Crippen LogP contribution in [0.2, 0.25) is 0 Å². The molecule has 0 fully saturated rings. The first-order valence-electron chi connectivity index (χ1n) is 23.0. The molecule has 8 atom stereocenters. The number of para-hydroxylation sites is 2. The van der Waals surface area contributed by atoms with Gasteiger partial charge in [-0.3, -0.25) is 33.8 Å². The lowest BCUT2D eigenvalue weighted by Gasteiger charge is -2.31. The molecule has 19 nitrogen and oxygen atoms in total. The van der Waals surface area contributed by atoms with Crippen molar-refractivity contribution in [2.45, 2.75) is 130 Å². The number of nitrogens with zero attached hydrogens (tertiary/aromatic N) is 1. The molecule has 0 aliphatic rings. The van der Waals surface area contributed by atoms with Crippen molar-refractivity contribution >= 4 is 69.2 Å². The third-order valence-corrected chi connectivity index (χ3v) is 12.0. The van der Waals surface area contributed by atoms with Gasteiger partial charge in [0.05, 0.1) is 0 Å². The van der Waals surface area contributed by atoms with Crippen LogP contribution >= 0.6 is 0 Å². The summed E-state index contributed by atoms with van der Waals surface area (Å²) in [6.45, 7) is 12.3. The summed E-state index contributed by atoms with van der Waals surface area (Å²) >= 11 is 0. The molecule has 0 aliphatic heterocycles. The Kier molecular flexibility index (Phi) is 19.8. The number of carbonyl (C=O) groups is 7. The number of carboxylic acid groups (broad SMARTS) is 1. The maximum absolute atomic E-state index is 14.3. The number of aromatic amines is 2. The standard InChI is InChI=1S/C48H69N11O8/c1-8-27(5)40(45(64)57-39(47(66)67)23-31-25-53-35-18-13-11-16-33(31)35)59-46(65)41(28(6)9-2)58-42(61)36(19-14-20-51-48(49)50)55-43(62)37(21-26(3)4)56-44(63)38(54-29(7)60)22-30-24-52-34-17-12-10-15-32(30)34/h10-13,15-18,24-28,36-41,52-53H,8-9,14,19-23H2,1-7H3,(H,54,60)(H,55,62)(H,56,63)(H,57,64)(H,58,61)(H,59,65)(H,66,67)(H4,49,50,51)/t27-,28-,36-,37-,38+,39-,40-,41-/m0/s1. The van der Waals surface area contributed by atoms with Crippen LogP contribution in [0, 0.1) is 17.8 Å². The number of benzene rings is 2. The summed E-state index contributed by atoms with van der Waals surface area (Å²) in [5.74, 6) is -6.21. The van der Waals surface area contributed by atoms with Crippen LogP contribution < -0.4 is 43.4 Å². The van der Waals surface area contributed by atoms with Crippen LogP contribution in [0.3, 0.4) is 0 Å². The van der Waals surface area contributed by atoms with Crippen molar-refractivity contribution in [3.63, 3.8) is 0 Å². The number of hydrogen-bond donors (Lipinski definition) is 11. The van der Waals surface area contributed by atoms with E-state index < -0.39 is 89.5 Å². The van der Waals surface area contributed by atoms with E-state index in [4.69, 9.17) is 11.5 Å². The smallest absolute Gasteiger partial charge is 0.326 e. The molecule has 364 valence electrons. The number of aliphatic carboxylic acids is 1. The maximum Gasteiger partial charge on any atom is 0.326 e. The molecule has 0 saturated carbocycles. The predicted molar refractivity (Wildman–Crippen MR) is 257 cm³/mol. The minimum atomic E-state index is -1.32. The third-order valence-electron chi connectivity index (χ3n) is 12.0. The van der Waals surface area contributed by atoms with Crippen LogP contribution in [0.1, 0.15) is 91.7 Å². The zero-order valence-corrected chi connectivity index (χ0v) is 39.5. The highest BCUT2D eigenvalue weighted by atomic mass is 16.4.